The number of benzene rings is 3. The molecular weight excluding hydrogens is 473 g/mol. The summed E-state index contributed by atoms with van der Waals surface area (Å²) in [4.78, 5) is 13.8. The van der Waals surface area contributed by atoms with Crippen molar-refractivity contribution >= 4 is 43.6 Å². The quantitative estimate of drug-likeness (QED) is 0.426. The van der Waals surface area contributed by atoms with Crippen LogP contribution >= 0.6 is 0 Å². The number of carbonyl (C=O) groups excluding carboxylic acids is 1. The van der Waals surface area contributed by atoms with E-state index in [2.05, 4.69) is 5.32 Å². The van der Waals surface area contributed by atoms with Gasteiger partial charge in [-0.25, -0.2) is 12.8 Å². The number of quaternary nitrogens is 1. The van der Waals surface area contributed by atoms with Crippen LogP contribution in [0.5, 0.6) is 5.75 Å². The number of anilines is 1. The molecule has 1 aliphatic rings. The number of para-hydroxylation sites is 1. The lowest BCUT2D eigenvalue weighted by Crippen LogP contribution is -3.15. The molecule has 3 aromatic carbocycles. The highest BCUT2D eigenvalue weighted by Crippen LogP contribution is 2.36. The molecule has 1 aliphatic heterocycles. The molecule has 4 aromatic rings. The molecule has 5 rings (SSSR count). The van der Waals surface area contributed by atoms with Crippen molar-refractivity contribution in [2.24, 2.45) is 0 Å². The molecule has 0 spiro atoms. The van der Waals surface area contributed by atoms with E-state index in [1.165, 1.54) is 16.4 Å². The zero-order chi connectivity index (χ0) is 24.6. The molecule has 10 heteroatoms. The number of rotatable bonds is 6. The molecule has 1 fully saturated rings. The minimum Gasteiger partial charge on any atom is -0.495 e. The second-order valence-corrected chi connectivity index (χ2v) is 10.4. The van der Waals surface area contributed by atoms with Crippen LogP contribution in [0.3, 0.4) is 0 Å². The summed E-state index contributed by atoms with van der Waals surface area (Å²) < 4.78 is 51.6. The van der Waals surface area contributed by atoms with Gasteiger partial charge in [-0.15, -0.1) is 0 Å². The van der Waals surface area contributed by atoms with Gasteiger partial charge < -0.3 is 19.4 Å². The number of ether oxygens (including phenoxy) is 1. The van der Waals surface area contributed by atoms with Crippen LogP contribution in [0.25, 0.3) is 21.9 Å². The van der Waals surface area contributed by atoms with Gasteiger partial charge in [0, 0.05) is 16.8 Å². The average molecular weight is 499 g/mol. The van der Waals surface area contributed by atoms with E-state index in [9.17, 15) is 17.6 Å². The Hall–Kier alpha value is -3.47. The Bertz CT molecular complexity index is 1490. The smallest absolute Gasteiger partial charge is 0.279 e. The summed E-state index contributed by atoms with van der Waals surface area (Å²) in [7, 11) is -2.15. The molecule has 8 nitrogen and oxygen atoms in total. The van der Waals surface area contributed by atoms with E-state index in [4.69, 9.17) is 9.15 Å². The van der Waals surface area contributed by atoms with E-state index in [-0.39, 0.29) is 30.4 Å². The molecule has 0 aliphatic carbocycles. The fourth-order valence-electron chi connectivity index (χ4n) is 4.41. The molecule has 0 saturated carbocycles. The van der Waals surface area contributed by atoms with Crippen molar-refractivity contribution in [2.75, 3.05) is 45.2 Å². The van der Waals surface area contributed by atoms with E-state index in [0.717, 1.165) is 33.4 Å². The Balaban J connectivity index is 1.24. The van der Waals surface area contributed by atoms with Gasteiger partial charge in [0.15, 0.2) is 6.54 Å². The summed E-state index contributed by atoms with van der Waals surface area (Å²) in [6.07, 6.45) is 0. The van der Waals surface area contributed by atoms with Gasteiger partial charge >= 0.3 is 0 Å². The van der Waals surface area contributed by atoms with Crippen LogP contribution < -0.4 is 15.0 Å². The van der Waals surface area contributed by atoms with Gasteiger partial charge in [0.05, 0.1) is 43.9 Å². The molecule has 2 N–H and O–H groups in total. The fraction of sp³-hybridized carbons (Fsp3) is 0.240. The second-order valence-electron chi connectivity index (χ2n) is 8.48. The van der Waals surface area contributed by atoms with Crippen molar-refractivity contribution in [1.29, 1.82) is 0 Å². The summed E-state index contributed by atoms with van der Waals surface area (Å²) in [5, 5.41) is 4.78. The molecular formula is C25H25FN3O5S+. The summed E-state index contributed by atoms with van der Waals surface area (Å²) >= 11 is 0. The van der Waals surface area contributed by atoms with E-state index < -0.39 is 15.8 Å². The topological polar surface area (TPSA) is 93.3 Å². The molecule has 1 saturated heterocycles. The van der Waals surface area contributed by atoms with Gasteiger partial charge in [-0.05, 0) is 36.4 Å². The van der Waals surface area contributed by atoms with Crippen molar-refractivity contribution in [2.45, 2.75) is 4.90 Å². The standard InChI is InChI=1S/C25H24FN3O5S/c1-33-24-14-20-19-4-2-3-5-22(19)34-23(20)15-21(24)27-25(30)16-28-10-12-29(13-11-28)35(31,32)18-8-6-17(26)7-9-18/h2-9,14-15H,10-13,16H2,1H3,(H,27,30)/p+1. The summed E-state index contributed by atoms with van der Waals surface area (Å²) in [6.45, 7) is 1.69. The summed E-state index contributed by atoms with van der Waals surface area (Å²) in [5.41, 5.74) is 1.92. The monoisotopic (exact) mass is 498 g/mol. The number of fused-ring (bicyclic) bond motifs is 3. The minimum absolute atomic E-state index is 0.0631. The molecule has 0 radical (unpaired) electrons. The number of amides is 1. The van der Waals surface area contributed by atoms with Crippen molar-refractivity contribution in [1.82, 2.24) is 4.31 Å². The third-order valence-electron chi connectivity index (χ3n) is 6.26. The van der Waals surface area contributed by atoms with Crippen molar-refractivity contribution in [3.05, 3.63) is 66.5 Å². The van der Waals surface area contributed by atoms with E-state index in [1.54, 1.807) is 13.2 Å². The van der Waals surface area contributed by atoms with Gasteiger partial charge in [-0.1, -0.05) is 18.2 Å². The fourth-order valence-corrected chi connectivity index (χ4v) is 5.86. The number of methoxy groups -OCH3 is 1. The second kappa shape index (κ2) is 9.29. The number of halogens is 1. The first-order valence-corrected chi connectivity index (χ1v) is 12.7. The highest BCUT2D eigenvalue weighted by molar-refractivity contribution is 7.89. The Morgan fingerprint density at radius 3 is 2.49 bits per heavy atom. The number of nitrogens with one attached hydrogen (secondary N) is 2. The number of sulfonamides is 1. The number of hydrogen-bond donors (Lipinski definition) is 2. The maximum absolute atomic E-state index is 13.2. The Morgan fingerprint density at radius 2 is 1.77 bits per heavy atom. The molecule has 182 valence electrons. The van der Waals surface area contributed by atoms with Crippen LogP contribution in [0.15, 0.2) is 70.0 Å². The van der Waals surface area contributed by atoms with Gasteiger partial charge in [-0.3, -0.25) is 4.79 Å². The van der Waals surface area contributed by atoms with Gasteiger partial charge in [0.1, 0.15) is 22.7 Å². The van der Waals surface area contributed by atoms with Gasteiger partial charge in [-0.2, -0.15) is 4.31 Å². The zero-order valence-electron chi connectivity index (χ0n) is 19.1. The summed E-state index contributed by atoms with van der Waals surface area (Å²) in [6, 6.07) is 16.1. The molecule has 0 bridgehead atoms. The molecule has 0 unspecified atom stereocenters. The Kier molecular flexibility index (Phi) is 6.18. The molecule has 1 amide bonds. The van der Waals surface area contributed by atoms with E-state index >= 15 is 0 Å². The molecule has 35 heavy (non-hydrogen) atoms. The third-order valence-corrected chi connectivity index (χ3v) is 8.18. The summed E-state index contributed by atoms with van der Waals surface area (Å²) in [5.74, 6) is -0.161. The third kappa shape index (κ3) is 4.60. The van der Waals surface area contributed by atoms with Crippen LogP contribution in [-0.2, 0) is 14.8 Å². The van der Waals surface area contributed by atoms with Crippen LogP contribution in [0.4, 0.5) is 10.1 Å². The van der Waals surface area contributed by atoms with Crippen molar-refractivity contribution in [3.63, 3.8) is 0 Å². The predicted octanol–water partition coefficient (Wildman–Crippen LogP) is 2.26. The Labute approximate surface area is 201 Å². The lowest BCUT2D eigenvalue weighted by atomic mass is 10.1. The van der Waals surface area contributed by atoms with Gasteiger partial charge in [0.2, 0.25) is 10.0 Å². The first-order chi connectivity index (χ1) is 16.8. The molecule has 1 aromatic heterocycles. The first-order valence-electron chi connectivity index (χ1n) is 11.2. The number of hydrogen-bond acceptors (Lipinski definition) is 5. The largest absolute Gasteiger partial charge is 0.495 e. The van der Waals surface area contributed by atoms with E-state index in [1.807, 2.05) is 30.3 Å². The van der Waals surface area contributed by atoms with Crippen molar-refractivity contribution < 1.29 is 31.7 Å². The van der Waals surface area contributed by atoms with E-state index in [0.29, 0.717) is 30.1 Å². The number of piperazine rings is 1. The highest BCUT2D eigenvalue weighted by Gasteiger charge is 2.31. The normalized spacial score (nSPS) is 15.5. The predicted molar refractivity (Wildman–Crippen MR) is 130 cm³/mol. The first kappa shape index (κ1) is 23.3. The molecule has 2 heterocycles. The lowest BCUT2D eigenvalue weighted by molar-refractivity contribution is -0.895. The van der Waals surface area contributed by atoms with Crippen LogP contribution in [0.2, 0.25) is 0 Å². The lowest BCUT2D eigenvalue weighted by Gasteiger charge is -2.31. The number of nitrogens with zero attached hydrogens (tertiary/aromatic N) is 1. The Morgan fingerprint density at radius 1 is 1.06 bits per heavy atom. The molecule has 0 atom stereocenters. The maximum atomic E-state index is 13.2. The maximum Gasteiger partial charge on any atom is 0.279 e. The van der Waals surface area contributed by atoms with Crippen molar-refractivity contribution in [3.8, 4) is 5.75 Å². The minimum atomic E-state index is -3.69. The zero-order valence-corrected chi connectivity index (χ0v) is 19.9. The average Bonchev–Trinajstić information content (AvgIpc) is 3.21. The van der Waals surface area contributed by atoms with Crippen LogP contribution in [-0.4, -0.2) is 58.5 Å². The van der Waals surface area contributed by atoms with Crippen LogP contribution in [0.1, 0.15) is 0 Å². The number of carbonyl (C=O) groups is 1. The SMILES string of the molecule is COc1cc2c(cc1NC(=O)C[NH+]1CCN(S(=O)(=O)c3ccc(F)cc3)CC1)oc1ccccc12. The van der Waals surface area contributed by atoms with Crippen LogP contribution in [0, 0.1) is 5.82 Å². The van der Waals surface area contributed by atoms with Gasteiger partial charge in [0.25, 0.3) is 5.91 Å². The number of furan rings is 1. The highest BCUT2D eigenvalue weighted by atomic mass is 32.2.